The summed E-state index contributed by atoms with van der Waals surface area (Å²) < 4.78 is 16.1. The summed E-state index contributed by atoms with van der Waals surface area (Å²) in [6.45, 7) is 3.32. The number of amides is 2. The first-order valence-electron chi connectivity index (χ1n) is 11.8. The SMILES string of the molecule is CCC[C@]1(C(=O)OC)N[C@H](c2ccc(OC)cc2OC)[C@H]2C(=O)N(c3cccc(C(C)=O)c3)C(=O)[C@H]21. The van der Waals surface area contributed by atoms with Crippen LogP contribution in [0.5, 0.6) is 11.5 Å². The molecule has 0 saturated carbocycles. The van der Waals surface area contributed by atoms with Crippen LogP contribution >= 0.6 is 0 Å². The third-order valence-electron chi connectivity index (χ3n) is 7.13. The molecule has 2 aliphatic heterocycles. The summed E-state index contributed by atoms with van der Waals surface area (Å²) in [4.78, 5) is 54.2. The molecule has 0 spiro atoms. The third-order valence-corrected chi connectivity index (χ3v) is 7.13. The van der Waals surface area contributed by atoms with E-state index < -0.39 is 41.2 Å². The highest BCUT2D eigenvalue weighted by atomic mass is 16.5. The molecule has 36 heavy (non-hydrogen) atoms. The maximum absolute atomic E-state index is 14.0. The van der Waals surface area contributed by atoms with Gasteiger partial charge in [-0.15, -0.1) is 0 Å². The fraction of sp³-hybridized carbons (Fsp3) is 0.407. The Balaban J connectivity index is 1.90. The van der Waals surface area contributed by atoms with Crippen molar-refractivity contribution in [2.45, 2.75) is 38.3 Å². The lowest BCUT2D eigenvalue weighted by molar-refractivity contribution is -0.152. The van der Waals surface area contributed by atoms with Crippen LogP contribution in [0.4, 0.5) is 5.69 Å². The number of benzene rings is 2. The number of ether oxygens (including phenoxy) is 3. The lowest BCUT2D eigenvalue weighted by Gasteiger charge is -2.32. The molecule has 1 N–H and O–H groups in total. The number of hydrogen-bond acceptors (Lipinski definition) is 8. The Kier molecular flexibility index (Phi) is 6.86. The summed E-state index contributed by atoms with van der Waals surface area (Å²) >= 11 is 0. The maximum atomic E-state index is 14.0. The number of Topliss-reactive ketones (excluding diaryl/α,β-unsaturated/α-hetero) is 1. The van der Waals surface area contributed by atoms with E-state index in [-0.39, 0.29) is 12.2 Å². The number of imide groups is 1. The second kappa shape index (κ2) is 9.73. The summed E-state index contributed by atoms with van der Waals surface area (Å²) in [5, 5.41) is 3.33. The monoisotopic (exact) mass is 494 g/mol. The standard InChI is InChI=1S/C27H30N2O7/c1-6-12-27(26(33)36-5)22-21(23(28-27)19-11-10-18(34-3)14-20(19)35-4)24(31)29(25(22)32)17-9-7-8-16(13-17)15(2)30/h7-11,13-14,21-23,28H,6,12H2,1-5H3/t21-,22-,23+,27-/m0/s1. The summed E-state index contributed by atoms with van der Waals surface area (Å²) in [5.74, 6) is -2.63. The lowest BCUT2D eigenvalue weighted by Crippen LogP contribution is -2.56. The van der Waals surface area contributed by atoms with Gasteiger partial charge in [0.1, 0.15) is 17.0 Å². The molecule has 0 bridgehead atoms. The predicted octanol–water partition coefficient (Wildman–Crippen LogP) is 3.07. The normalized spacial score (nSPS) is 25.0. The highest BCUT2D eigenvalue weighted by Gasteiger charge is 2.68. The predicted molar refractivity (Wildman–Crippen MR) is 131 cm³/mol. The van der Waals surface area contributed by atoms with E-state index in [0.717, 1.165) is 4.90 Å². The Morgan fingerprint density at radius 3 is 2.39 bits per heavy atom. The van der Waals surface area contributed by atoms with Crippen LogP contribution < -0.4 is 19.7 Å². The molecule has 2 amide bonds. The number of carbonyl (C=O) groups excluding carboxylic acids is 4. The fourth-order valence-electron chi connectivity index (χ4n) is 5.56. The number of methoxy groups -OCH3 is 3. The van der Waals surface area contributed by atoms with Gasteiger partial charge in [-0.3, -0.25) is 24.5 Å². The minimum Gasteiger partial charge on any atom is -0.497 e. The van der Waals surface area contributed by atoms with E-state index >= 15 is 0 Å². The van der Waals surface area contributed by atoms with Gasteiger partial charge in [-0.1, -0.05) is 31.5 Å². The zero-order valence-electron chi connectivity index (χ0n) is 21.0. The van der Waals surface area contributed by atoms with Crippen molar-refractivity contribution in [1.29, 1.82) is 0 Å². The maximum Gasteiger partial charge on any atom is 0.326 e. The molecule has 4 rings (SSSR count). The van der Waals surface area contributed by atoms with Crippen molar-refractivity contribution in [3.05, 3.63) is 53.6 Å². The van der Waals surface area contributed by atoms with Crippen LogP contribution in [0.15, 0.2) is 42.5 Å². The van der Waals surface area contributed by atoms with E-state index in [2.05, 4.69) is 5.32 Å². The van der Waals surface area contributed by atoms with Crippen LogP contribution in [-0.4, -0.2) is 50.4 Å². The van der Waals surface area contributed by atoms with Gasteiger partial charge in [0.15, 0.2) is 5.78 Å². The molecule has 2 aromatic rings. The van der Waals surface area contributed by atoms with Gasteiger partial charge < -0.3 is 14.2 Å². The first-order chi connectivity index (χ1) is 17.2. The van der Waals surface area contributed by atoms with E-state index in [9.17, 15) is 19.2 Å². The smallest absolute Gasteiger partial charge is 0.326 e. The fourth-order valence-corrected chi connectivity index (χ4v) is 5.56. The summed E-state index contributed by atoms with van der Waals surface area (Å²) in [6, 6.07) is 10.9. The topological polar surface area (TPSA) is 111 Å². The molecule has 190 valence electrons. The van der Waals surface area contributed by atoms with Gasteiger partial charge in [0.05, 0.1) is 38.9 Å². The molecule has 0 unspecified atom stereocenters. The largest absolute Gasteiger partial charge is 0.497 e. The number of anilines is 1. The average Bonchev–Trinajstić information content (AvgIpc) is 3.36. The van der Waals surface area contributed by atoms with Crippen molar-refractivity contribution in [3.8, 4) is 11.5 Å². The average molecular weight is 495 g/mol. The third kappa shape index (κ3) is 3.83. The van der Waals surface area contributed by atoms with Crippen molar-refractivity contribution < 1.29 is 33.4 Å². The van der Waals surface area contributed by atoms with Crippen molar-refractivity contribution in [2.75, 3.05) is 26.2 Å². The number of nitrogens with zero attached hydrogens (tertiary/aromatic N) is 1. The molecular formula is C27H30N2O7. The first kappa shape index (κ1) is 25.4. The lowest BCUT2D eigenvalue weighted by atomic mass is 9.77. The molecular weight excluding hydrogens is 464 g/mol. The molecule has 9 heteroatoms. The number of esters is 1. The molecule has 9 nitrogen and oxygen atoms in total. The zero-order chi connectivity index (χ0) is 26.2. The van der Waals surface area contributed by atoms with Gasteiger partial charge in [0.25, 0.3) is 0 Å². The Hall–Kier alpha value is -3.72. The molecule has 2 aromatic carbocycles. The van der Waals surface area contributed by atoms with E-state index in [1.54, 1.807) is 36.4 Å². The highest BCUT2D eigenvalue weighted by Crippen LogP contribution is 2.53. The van der Waals surface area contributed by atoms with Gasteiger partial charge in [-0.05, 0) is 31.5 Å². The quantitative estimate of drug-likeness (QED) is 0.339. The number of nitrogens with one attached hydrogen (secondary N) is 1. The van der Waals surface area contributed by atoms with Crippen LogP contribution in [0.2, 0.25) is 0 Å². The van der Waals surface area contributed by atoms with Crippen LogP contribution in [0.1, 0.15) is 48.7 Å². The zero-order valence-corrected chi connectivity index (χ0v) is 21.0. The first-order valence-corrected chi connectivity index (χ1v) is 11.8. The Labute approximate surface area is 209 Å². The molecule has 0 aromatic heterocycles. The van der Waals surface area contributed by atoms with Crippen LogP contribution in [0.3, 0.4) is 0 Å². The number of ketones is 1. The Morgan fingerprint density at radius 1 is 1.03 bits per heavy atom. The van der Waals surface area contributed by atoms with Gasteiger partial charge in [0, 0.05) is 23.2 Å². The molecule has 0 aliphatic carbocycles. The van der Waals surface area contributed by atoms with E-state index in [1.807, 2.05) is 6.92 Å². The van der Waals surface area contributed by atoms with Crippen LogP contribution in [0.25, 0.3) is 0 Å². The van der Waals surface area contributed by atoms with Gasteiger partial charge in [-0.2, -0.15) is 0 Å². The number of rotatable bonds is 8. The highest BCUT2D eigenvalue weighted by molar-refractivity contribution is 6.24. The molecule has 2 fully saturated rings. The number of carbonyl (C=O) groups is 4. The summed E-state index contributed by atoms with van der Waals surface area (Å²) in [5.41, 5.74) is -0.119. The van der Waals surface area contributed by atoms with Crippen LogP contribution in [0, 0.1) is 11.8 Å². The molecule has 4 atom stereocenters. The molecule has 0 radical (unpaired) electrons. The molecule has 2 saturated heterocycles. The van der Waals surface area contributed by atoms with Gasteiger partial charge in [0.2, 0.25) is 11.8 Å². The Morgan fingerprint density at radius 2 is 1.78 bits per heavy atom. The van der Waals surface area contributed by atoms with Gasteiger partial charge >= 0.3 is 5.97 Å². The second-order valence-corrected chi connectivity index (χ2v) is 9.06. The van der Waals surface area contributed by atoms with E-state index in [4.69, 9.17) is 14.2 Å². The van der Waals surface area contributed by atoms with E-state index in [1.165, 1.54) is 34.3 Å². The molecule has 2 aliphatic rings. The van der Waals surface area contributed by atoms with E-state index in [0.29, 0.717) is 34.7 Å². The second-order valence-electron chi connectivity index (χ2n) is 9.06. The summed E-state index contributed by atoms with van der Waals surface area (Å²) in [7, 11) is 4.31. The van der Waals surface area contributed by atoms with Crippen molar-refractivity contribution in [3.63, 3.8) is 0 Å². The van der Waals surface area contributed by atoms with Crippen molar-refractivity contribution >= 4 is 29.3 Å². The van der Waals surface area contributed by atoms with Crippen molar-refractivity contribution in [2.24, 2.45) is 11.8 Å². The van der Waals surface area contributed by atoms with Crippen molar-refractivity contribution in [1.82, 2.24) is 5.32 Å². The minimum absolute atomic E-state index is 0.187. The number of hydrogen-bond donors (Lipinski definition) is 1. The molecule has 2 heterocycles. The van der Waals surface area contributed by atoms with Gasteiger partial charge in [-0.25, -0.2) is 4.90 Å². The minimum atomic E-state index is -1.41. The Bertz CT molecular complexity index is 1230. The number of fused-ring (bicyclic) bond motifs is 1. The van der Waals surface area contributed by atoms with Crippen LogP contribution in [-0.2, 0) is 19.1 Å². The summed E-state index contributed by atoms with van der Waals surface area (Å²) in [6.07, 6.45) is 0.856.